The van der Waals surface area contributed by atoms with E-state index in [0.717, 1.165) is 12.2 Å². The number of anilines is 1. The van der Waals surface area contributed by atoms with Gasteiger partial charge < -0.3 is 15.1 Å². The van der Waals surface area contributed by atoms with E-state index in [0.29, 0.717) is 12.6 Å². The maximum atomic E-state index is 11.7. The first-order valence-electron chi connectivity index (χ1n) is 7.05. The van der Waals surface area contributed by atoms with Crippen molar-refractivity contribution >= 4 is 11.6 Å². The Bertz CT molecular complexity index is 455. The Morgan fingerprint density at radius 2 is 1.90 bits per heavy atom. The van der Waals surface area contributed by atoms with Crippen LogP contribution < -0.4 is 10.2 Å². The van der Waals surface area contributed by atoms with Crippen LogP contribution in [0.5, 0.6) is 0 Å². The van der Waals surface area contributed by atoms with Gasteiger partial charge in [-0.1, -0.05) is 19.9 Å². The SMILES string of the molecule is Cc1cc(N(C)CC(=O)N(C)C)ccc1CNC(C)C. The number of amides is 1. The van der Waals surface area contributed by atoms with Gasteiger partial charge >= 0.3 is 0 Å². The van der Waals surface area contributed by atoms with Crippen LogP contribution in [0.4, 0.5) is 5.69 Å². The first-order valence-corrected chi connectivity index (χ1v) is 7.05. The highest BCUT2D eigenvalue weighted by Crippen LogP contribution is 2.18. The van der Waals surface area contributed by atoms with Gasteiger partial charge in [-0.05, 0) is 30.2 Å². The molecule has 0 spiro atoms. The number of carbonyl (C=O) groups is 1. The average Bonchev–Trinajstić information content (AvgIpc) is 2.36. The van der Waals surface area contributed by atoms with E-state index < -0.39 is 0 Å². The van der Waals surface area contributed by atoms with Crippen LogP contribution in [0, 0.1) is 6.92 Å². The molecule has 0 aliphatic carbocycles. The monoisotopic (exact) mass is 277 g/mol. The van der Waals surface area contributed by atoms with Crippen LogP contribution in [0.25, 0.3) is 0 Å². The number of rotatable bonds is 6. The largest absolute Gasteiger partial charge is 0.365 e. The molecular weight excluding hydrogens is 250 g/mol. The van der Waals surface area contributed by atoms with Gasteiger partial charge in [0.15, 0.2) is 0 Å². The molecular formula is C16H27N3O. The minimum atomic E-state index is 0.107. The zero-order chi connectivity index (χ0) is 15.3. The lowest BCUT2D eigenvalue weighted by Gasteiger charge is -2.22. The van der Waals surface area contributed by atoms with Crippen molar-refractivity contribution in [2.24, 2.45) is 0 Å². The van der Waals surface area contributed by atoms with Crippen LogP contribution in [0.3, 0.4) is 0 Å². The van der Waals surface area contributed by atoms with Crippen LogP contribution in [-0.2, 0) is 11.3 Å². The zero-order valence-corrected chi connectivity index (χ0v) is 13.5. The van der Waals surface area contributed by atoms with Gasteiger partial charge in [0.2, 0.25) is 5.91 Å². The Morgan fingerprint density at radius 3 is 2.40 bits per heavy atom. The second-order valence-electron chi connectivity index (χ2n) is 5.79. The van der Waals surface area contributed by atoms with E-state index in [4.69, 9.17) is 0 Å². The highest BCUT2D eigenvalue weighted by Gasteiger charge is 2.10. The van der Waals surface area contributed by atoms with Crippen molar-refractivity contribution in [3.63, 3.8) is 0 Å². The molecule has 0 aliphatic heterocycles. The minimum Gasteiger partial charge on any atom is -0.365 e. The lowest BCUT2D eigenvalue weighted by molar-refractivity contribution is -0.127. The Hall–Kier alpha value is -1.55. The standard InChI is InChI=1S/C16H27N3O/c1-12(2)17-10-14-7-8-15(9-13(14)3)19(6)11-16(20)18(4)5/h7-9,12,17H,10-11H2,1-6H3. The third-order valence-electron chi connectivity index (χ3n) is 3.34. The normalized spacial score (nSPS) is 10.8. The number of benzene rings is 1. The fourth-order valence-corrected chi connectivity index (χ4v) is 1.87. The topological polar surface area (TPSA) is 35.6 Å². The maximum absolute atomic E-state index is 11.7. The summed E-state index contributed by atoms with van der Waals surface area (Å²) in [6, 6.07) is 6.83. The summed E-state index contributed by atoms with van der Waals surface area (Å²) in [5.41, 5.74) is 3.63. The number of nitrogens with one attached hydrogen (secondary N) is 1. The van der Waals surface area contributed by atoms with Crippen molar-refractivity contribution in [1.82, 2.24) is 10.2 Å². The molecule has 0 bridgehead atoms. The first kappa shape index (κ1) is 16.5. The lowest BCUT2D eigenvalue weighted by Crippen LogP contribution is -2.34. The van der Waals surface area contributed by atoms with Gasteiger partial charge in [-0.3, -0.25) is 4.79 Å². The van der Waals surface area contributed by atoms with E-state index in [9.17, 15) is 4.79 Å². The molecule has 0 saturated carbocycles. The van der Waals surface area contributed by atoms with Crippen LogP contribution in [0.2, 0.25) is 0 Å². The fourth-order valence-electron chi connectivity index (χ4n) is 1.87. The van der Waals surface area contributed by atoms with E-state index >= 15 is 0 Å². The molecule has 0 fully saturated rings. The third-order valence-corrected chi connectivity index (χ3v) is 3.34. The lowest BCUT2D eigenvalue weighted by atomic mass is 10.1. The Kier molecular flexibility index (Phi) is 6.02. The van der Waals surface area contributed by atoms with E-state index in [-0.39, 0.29) is 5.91 Å². The van der Waals surface area contributed by atoms with Crippen LogP contribution in [0.1, 0.15) is 25.0 Å². The van der Waals surface area contributed by atoms with Crippen molar-refractivity contribution < 1.29 is 4.79 Å². The second kappa shape index (κ2) is 7.29. The van der Waals surface area contributed by atoms with E-state index in [1.807, 2.05) is 11.9 Å². The molecule has 1 amide bonds. The summed E-state index contributed by atoms with van der Waals surface area (Å²) >= 11 is 0. The molecule has 4 nitrogen and oxygen atoms in total. The van der Waals surface area contributed by atoms with E-state index in [2.05, 4.69) is 44.3 Å². The first-order chi connectivity index (χ1) is 9.31. The second-order valence-corrected chi connectivity index (χ2v) is 5.79. The number of nitrogens with zero attached hydrogens (tertiary/aromatic N) is 2. The molecule has 112 valence electrons. The fraction of sp³-hybridized carbons (Fsp3) is 0.562. The van der Waals surface area contributed by atoms with Gasteiger partial charge in [-0.25, -0.2) is 0 Å². The van der Waals surface area contributed by atoms with Gasteiger partial charge in [-0.15, -0.1) is 0 Å². The van der Waals surface area contributed by atoms with Gasteiger partial charge in [0.25, 0.3) is 0 Å². The van der Waals surface area contributed by atoms with E-state index in [1.54, 1.807) is 19.0 Å². The number of carbonyl (C=O) groups excluding carboxylic acids is 1. The Balaban J connectivity index is 2.73. The molecule has 0 radical (unpaired) electrons. The van der Waals surface area contributed by atoms with Crippen molar-refractivity contribution in [2.45, 2.75) is 33.4 Å². The highest BCUT2D eigenvalue weighted by molar-refractivity contribution is 5.80. The van der Waals surface area contributed by atoms with Crippen molar-refractivity contribution in [3.8, 4) is 0 Å². The molecule has 1 rings (SSSR count). The minimum absolute atomic E-state index is 0.107. The van der Waals surface area contributed by atoms with E-state index in [1.165, 1.54) is 11.1 Å². The van der Waals surface area contributed by atoms with Crippen molar-refractivity contribution in [3.05, 3.63) is 29.3 Å². The molecule has 4 heteroatoms. The number of aryl methyl sites for hydroxylation is 1. The van der Waals surface area contributed by atoms with Crippen molar-refractivity contribution in [1.29, 1.82) is 0 Å². The number of hydrogen-bond donors (Lipinski definition) is 1. The smallest absolute Gasteiger partial charge is 0.241 e. The molecule has 0 heterocycles. The summed E-state index contributed by atoms with van der Waals surface area (Å²) in [6.07, 6.45) is 0. The van der Waals surface area contributed by atoms with Crippen LogP contribution in [-0.4, -0.2) is 44.5 Å². The summed E-state index contributed by atoms with van der Waals surface area (Å²) in [5.74, 6) is 0.107. The van der Waals surface area contributed by atoms with Crippen molar-refractivity contribution in [2.75, 3.05) is 32.6 Å². The molecule has 20 heavy (non-hydrogen) atoms. The highest BCUT2D eigenvalue weighted by atomic mass is 16.2. The quantitative estimate of drug-likeness (QED) is 0.864. The van der Waals surface area contributed by atoms with Gasteiger partial charge in [0.1, 0.15) is 0 Å². The third kappa shape index (κ3) is 4.85. The summed E-state index contributed by atoms with van der Waals surface area (Å²) in [4.78, 5) is 15.3. The molecule has 0 aliphatic rings. The Labute approximate surface area is 122 Å². The van der Waals surface area contributed by atoms with Gasteiger partial charge in [0, 0.05) is 39.4 Å². The molecule has 0 unspecified atom stereocenters. The average molecular weight is 277 g/mol. The molecule has 0 saturated heterocycles. The predicted octanol–water partition coefficient (Wildman–Crippen LogP) is 2.02. The van der Waals surface area contributed by atoms with Crippen LogP contribution >= 0.6 is 0 Å². The molecule has 1 aromatic carbocycles. The summed E-state index contributed by atoms with van der Waals surface area (Å²) in [5, 5.41) is 3.42. The van der Waals surface area contributed by atoms with Gasteiger partial charge in [-0.2, -0.15) is 0 Å². The summed E-state index contributed by atoms with van der Waals surface area (Å²) in [7, 11) is 5.51. The molecule has 0 atom stereocenters. The summed E-state index contributed by atoms with van der Waals surface area (Å²) in [6.45, 7) is 7.68. The van der Waals surface area contributed by atoms with Crippen LogP contribution in [0.15, 0.2) is 18.2 Å². The Morgan fingerprint density at radius 1 is 1.25 bits per heavy atom. The number of hydrogen-bond acceptors (Lipinski definition) is 3. The number of likely N-dealkylation sites (N-methyl/N-ethyl adjacent to an activating group) is 2. The zero-order valence-electron chi connectivity index (χ0n) is 13.5. The van der Waals surface area contributed by atoms with Gasteiger partial charge in [0.05, 0.1) is 6.54 Å². The molecule has 1 N–H and O–H groups in total. The molecule has 0 aromatic heterocycles. The summed E-state index contributed by atoms with van der Waals surface area (Å²) < 4.78 is 0. The maximum Gasteiger partial charge on any atom is 0.241 e. The predicted molar refractivity (Wildman–Crippen MR) is 85.1 cm³/mol. The molecule has 1 aromatic rings.